The van der Waals surface area contributed by atoms with Gasteiger partial charge in [0.05, 0.1) is 13.2 Å². The normalized spacial score (nSPS) is 23.6. The van der Waals surface area contributed by atoms with Gasteiger partial charge in [0.1, 0.15) is 5.92 Å². The number of nitrogens with zero attached hydrogens (tertiary/aromatic N) is 1. The van der Waals surface area contributed by atoms with E-state index in [2.05, 4.69) is 33.0 Å². The average molecular weight is 453 g/mol. The molecule has 0 unspecified atom stereocenters. The van der Waals surface area contributed by atoms with Gasteiger partial charge in [-0.25, -0.2) is 0 Å². The third kappa shape index (κ3) is 2.89. The number of methoxy groups -OCH3 is 1. The summed E-state index contributed by atoms with van der Waals surface area (Å²) >= 11 is 3.46. The largest absolute Gasteiger partial charge is 0.468 e. The number of carbonyl (C=O) groups excluding carboxylic acids is 2. The fourth-order valence-corrected chi connectivity index (χ4v) is 5.25. The zero-order valence-electron chi connectivity index (χ0n) is 16.0. The Kier molecular flexibility index (Phi) is 4.46. The Morgan fingerprint density at radius 1 is 1.17 bits per heavy atom. The fraction of sp³-hybridized carbons (Fsp3) is 0.304. The third-order valence-electron chi connectivity index (χ3n) is 6.34. The number of ether oxygens (including phenoxy) is 1. The van der Waals surface area contributed by atoms with Crippen molar-refractivity contribution in [1.29, 1.82) is 0 Å². The molecule has 0 radical (unpaired) electrons. The predicted octanol–water partition coefficient (Wildman–Crippen LogP) is 4.33. The molecule has 2 aliphatic heterocycles. The number of rotatable bonds is 2. The zero-order valence-corrected chi connectivity index (χ0v) is 17.6. The van der Waals surface area contributed by atoms with E-state index in [4.69, 9.17) is 4.74 Å². The molecule has 1 aromatic heterocycles. The van der Waals surface area contributed by atoms with E-state index in [1.807, 2.05) is 41.3 Å². The van der Waals surface area contributed by atoms with Crippen LogP contribution in [0.5, 0.6) is 0 Å². The van der Waals surface area contributed by atoms with Gasteiger partial charge in [0.2, 0.25) is 5.91 Å². The molecule has 148 valence electrons. The van der Waals surface area contributed by atoms with Crippen molar-refractivity contribution >= 4 is 38.7 Å². The van der Waals surface area contributed by atoms with Crippen LogP contribution in [0.25, 0.3) is 10.9 Å². The van der Waals surface area contributed by atoms with Crippen molar-refractivity contribution in [3.05, 3.63) is 69.8 Å². The van der Waals surface area contributed by atoms with E-state index in [0.717, 1.165) is 27.7 Å². The Hall–Kier alpha value is -2.60. The fourth-order valence-electron chi connectivity index (χ4n) is 4.99. The highest BCUT2D eigenvalue weighted by Gasteiger charge is 2.49. The van der Waals surface area contributed by atoms with Gasteiger partial charge in [-0.2, -0.15) is 0 Å². The number of benzene rings is 2. The first-order valence-electron chi connectivity index (χ1n) is 9.81. The van der Waals surface area contributed by atoms with Crippen LogP contribution in [0, 0.1) is 5.92 Å². The molecule has 0 bridgehead atoms. The number of hydrogen-bond acceptors (Lipinski definition) is 3. The molecule has 2 aromatic carbocycles. The maximum absolute atomic E-state index is 13.4. The molecule has 0 spiro atoms. The van der Waals surface area contributed by atoms with Gasteiger partial charge >= 0.3 is 5.97 Å². The Bertz CT molecular complexity index is 1110. The average Bonchev–Trinajstić information content (AvgIpc) is 3.13. The van der Waals surface area contributed by atoms with Gasteiger partial charge in [0.15, 0.2) is 0 Å². The number of hydrogen-bond donors (Lipinski definition) is 1. The molecule has 1 fully saturated rings. The monoisotopic (exact) mass is 452 g/mol. The number of halogens is 1. The Labute approximate surface area is 177 Å². The minimum atomic E-state index is -0.802. The molecule has 3 atom stereocenters. The van der Waals surface area contributed by atoms with Crippen molar-refractivity contribution in [2.75, 3.05) is 13.7 Å². The van der Waals surface area contributed by atoms with E-state index in [9.17, 15) is 9.59 Å². The van der Waals surface area contributed by atoms with Gasteiger partial charge in [-0.1, -0.05) is 46.3 Å². The lowest BCUT2D eigenvalue weighted by atomic mass is 9.74. The number of amides is 1. The number of carbonyl (C=O) groups is 2. The quantitative estimate of drug-likeness (QED) is 0.464. The molecule has 1 amide bonds. The maximum Gasteiger partial charge on any atom is 0.318 e. The number of fused-ring (bicyclic) bond motifs is 5. The first kappa shape index (κ1) is 18.4. The van der Waals surface area contributed by atoms with Crippen molar-refractivity contribution in [2.45, 2.75) is 24.8 Å². The van der Waals surface area contributed by atoms with Gasteiger partial charge in [-0.05, 0) is 42.2 Å². The van der Waals surface area contributed by atoms with Gasteiger partial charge in [0.25, 0.3) is 0 Å². The number of piperidine rings is 1. The minimum absolute atomic E-state index is 0.0618. The van der Waals surface area contributed by atoms with E-state index in [1.165, 1.54) is 18.1 Å². The molecule has 6 heteroatoms. The minimum Gasteiger partial charge on any atom is -0.468 e. The second kappa shape index (κ2) is 7.02. The first-order chi connectivity index (χ1) is 14.1. The number of nitrogens with one attached hydrogen (secondary N) is 1. The van der Waals surface area contributed by atoms with E-state index in [-0.39, 0.29) is 17.9 Å². The van der Waals surface area contributed by atoms with Crippen LogP contribution in [-0.2, 0) is 20.7 Å². The van der Waals surface area contributed by atoms with Gasteiger partial charge < -0.3 is 14.6 Å². The van der Waals surface area contributed by atoms with Crippen LogP contribution in [0.3, 0.4) is 0 Å². The highest BCUT2D eigenvalue weighted by Crippen LogP contribution is 2.47. The van der Waals surface area contributed by atoms with Crippen LogP contribution in [0.4, 0.5) is 0 Å². The summed E-state index contributed by atoms with van der Waals surface area (Å²) in [6.45, 7) is 0.624. The van der Waals surface area contributed by atoms with Crippen molar-refractivity contribution in [3.8, 4) is 0 Å². The lowest BCUT2D eigenvalue weighted by molar-refractivity contribution is -0.160. The standard InChI is InChI=1S/C23H21BrN2O3/c1-29-23(28)20-17(13-6-8-14(24)9-7-13)12-19-21-16(10-11-26(19)22(20)27)15-4-2-3-5-18(15)25-21/h2-9,17,19-20,25H,10-12H2,1H3/t17-,19+,20-/m0/s1. The Morgan fingerprint density at radius 3 is 2.69 bits per heavy atom. The number of esters is 1. The van der Waals surface area contributed by atoms with Crippen molar-refractivity contribution in [1.82, 2.24) is 9.88 Å². The topological polar surface area (TPSA) is 62.4 Å². The SMILES string of the molecule is COC(=O)[C@@H]1C(=O)N2CCc3c([nH]c4ccccc34)[C@H]2C[C@H]1c1ccc(Br)cc1. The second-order valence-electron chi connectivity index (χ2n) is 7.75. The van der Waals surface area contributed by atoms with Crippen molar-refractivity contribution < 1.29 is 14.3 Å². The van der Waals surface area contributed by atoms with Crippen LogP contribution in [-0.4, -0.2) is 35.4 Å². The summed E-state index contributed by atoms with van der Waals surface area (Å²) in [4.78, 5) is 31.5. The highest BCUT2D eigenvalue weighted by atomic mass is 79.9. The summed E-state index contributed by atoms with van der Waals surface area (Å²) in [6, 6.07) is 16.1. The molecular weight excluding hydrogens is 432 g/mol. The van der Waals surface area contributed by atoms with Crippen LogP contribution in [0.1, 0.15) is 35.2 Å². The summed E-state index contributed by atoms with van der Waals surface area (Å²) in [6.07, 6.45) is 1.48. The van der Waals surface area contributed by atoms with Gasteiger partial charge in [-0.3, -0.25) is 9.59 Å². The maximum atomic E-state index is 13.4. The van der Waals surface area contributed by atoms with Gasteiger partial charge in [-0.15, -0.1) is 0 Å². The van der Waals surface area contributed by atoms with Crippen LogP contribution in [0.2, 0.25) is 0 Å². The number of para-hydroxylation sites is 1. The summed E-state index contributed by atoms with van der Waals surface area (Å²) in [5.41, 5.74) is 4.49. The second-order valence-corrected chi connectivity index (χ2v) is 8.67. The smallest absolute Gasteiger partial charge is 0.318 e. The Morgan fingerprint density at radius 2 is 1.93 bits per heavy atom. The molecular formula is C23H21BrN2O3. The predicted molar refractivity (Wildman–Crippen MR) is 113 cm³/mol. The van der Waals surface area contributed by atoms with Crippen LogP contribution >= 0.6 is 15.9 Å². The van der Waals surface area contributed by atoms with Crippen LogP contribution < -0.4 is 0 Å². The number of H-pyrrole nitrogens is 1. The summed E-state index contributed by atoms with van der Waals surface area (Å²) in [7, 11) is 1.35. The zero-order chi connectivity index (χ0) is 20.1. The Balaban J connectivity index is 1.61. The highest BCUT2D eigenvalue weighted by molar-refractivity contribution is 9.10. The van der Waals surface area contributed by atoms with E-state index >= 15 is 0 Å². The van der Waals surface area contributed by atoms with E-state index in [1.54, 1.807) is 0 Å². The van der Waals surface area contributed by atoms with Crippen molar-refractivity contribution in [3.63, 3.8) is 0 Å². The lowest BCUT2D eigenvalue weighted by Gasteiger charge is -2.45. The molecule has 0 saturated carbocycles. The summed E-state index contributed by atoms with van der Waals surface area (Å²) in [5, 5.41) is 1.23. The molecule has 3 heterocycles. The van der Waals surface area contributed by atoms with Gasteiger partial charge in [0, 0.05) is 33.5 Å². The molecule has 3 aromatic rings. The van der Waals surface area contributed by atoms with E-state index < -0.39 is 11.9 Å². The molecule has 5 nitrogen and oxygen atoms in total. The molecule has 1 N–H and O–H groups in total. The van der Waals surface area contributed by atoms with Crippen LogP contribution in [0.15, 0.2) is 53.0 Å². The molecule has 0 aliphatic carbocycles. The molecule has 1 saturated heterocycles. The summed E-state index contributed by atoms with van der Waals surface area (Å²) in [5.74, 6) is -1.61. The van der Waals surface area contributed by atoms with Crippen molar-refractivity contribution in [2.24, 2.45) is 5.92 Å². The molecule has 2 aliphatic rings. The number of aromatic amines is 1. The molecule has 29 heavy (non-hydrogen) atoms. The lowest BCUT2D eigenvalue weighted by Crippen LogP contribution is -2.51. The third-order valence-corrected chi connectivity index (χ3v) is 6.87. The summed E-state index contributed by atoms with van der Waals surface area (Å²) < 4.78 is 6.00. The molecule has 5 rings (SSSR count). The first-order valence-corrected chi connectivity index (χ1v) is 10.6. The van der Waals surface area contributed by atoms with E-state index in [0.29, 0.717) is 13.0 Å². The number of aromatic nitrogens is 1.